The predicted octanol–water partition coefficient (Wildman–Crippen LogP) is 2.95. The Kier molecular flexibility index (Phi) is 4.16. The van der Waals surface area contributed by atoms with Crippen molar-refractivity contribution in [2.75, 3.05) is 7.11 Å². The third kappa shape index (κ3) is 2.63. The largest absolute Gasteiger partial charge is 0.480 e. The molecule has 0 aliphatic carbocycles. The van der Waals surface area contributed by atoms with Crippen LogP contribution in [0.3, 0.4) is 0 Å². The number of halogens is 2. The molecule has 6 heteroatoms. The van der Waals surface area contributed by atoms with E-state index in [4.69, 9.17) is 22.1 Å². The van der Waals surface area contributed by atoms with Crippen molar-refractivity contribution in [3.05, 3.63) is 51.3 Å². The molecule has 1 aromatic carbocycles. The van der Waals surface area contributed by atoms with Gasteiger partial charge in [-0.3, -0.25) is 4.98 Å². The van der Waals surface area contributed by atoms with E-state index in [1.54, 1.807) is 18.5 Å². The molecule has 1 unspecified atom stereocenters. The van der Waals surface area contributed by atoms with Crippen molar-refractivity contribution in [1.29, 1.82) is 0 Å². The average molecular weight is 329 g/mol. The Labute approximate surface area is 118 Å². The summed E-state index contributed by atoms with van der Waals surface area (Å²) < 4.78 is 6.05. The smallest absolute Gasteiger partial charge is 0.237 e. The molecule has 94 valence electrons. The molecule has 0 bridgehead atoms. The summed E-state index contributed by atoms with van der Waals surface area (Å²) in [5.74, 6) is 0.404. The molecule has 0 amide bonds. The van der Waals surface area contributed by atoms with Crippen molar-refractivity contribution < 1.29 is 4.74 Å². The minimum Gasteiger partial charge on any atom is -0.480 e. The fourth-order valence-corrected chi connectivity index (χ4v) is 2.22. The molecular formula is C12H11BrClN3O. The molecule has 18 heavy (non-hydrogen) atoms. The van der Waals surface area contributed by atoms with Crippen LogP contribution in [0.15, 0.2) is 35.1 Å². The molecule has 4 nitrogen and oxygen atoms in total. The van der Waals surface area contributed by atoms with Crippen LogP contribution in [0.25, 0.3) is 0 Å². The van der Waals surface area contributed by atoms with E-state index < -0.39 is 6.04 Å². The van der Waals surface area contributed by atoms with E-state index in [9.17, 15) is 0 Å². The Morgan fingerprint density at radius 1 is 1.33 bits per heavy atom. The average Bonchev–Trinajstić information content (AvgIpc) is 2.40. The highest BCUT2D eigenvalue weighted by Gasteiger charge is 2.19. The highest BCUT2D eigenvalue weighted by molar-refractivity contribution is 9.10. The Balaban J connectivity index is 2.47. The van der Waals surface area contributed by atoms with Crippen molar-refractivity contribution >= 4 is 27.5 Å². The predicted molar refractivity (Wildman–Crippen MR) is 73.8 cm³/mol. The molecule has 0 aliphatic rings. The highest BCUT2D eigenvalue weighted by atomic mass is 79.9. The molecule has 0 fully saturated rings. The fourth-order valence-electron chi connectivity index (χ4n) is 1.61. The zero-order valence-corrected chi connectivity index (χ0v) is 11.9. The van der Waals surface area contributed by atoms with E-state index in [2.05, 4.69) is 25.9 Å². The minimum absolute atomic E-state index is 0.404. The third-order valence-corrected chi connectivity index (χ3v) is 3.31. The van der Waals surface area contributed by atoms with Crippen LogP contribution in [0.4, 0.5) is 0 Å². The molecule has 2 aromatic rings. The summed E-state index contributed by atoms with van der Waals surface area (Å²) in [6.45, 7) is 0. The van der Waals surface area contributed by atoms with Gasteiger partial charge in [-0.2, -0.15) is 0 Å². The van der Waals surface area contributed by atoms with Gasteiger partial charge in [0.25, 0.3) is 0 Å². The van der Waals surface area contributed by atoms with E-state index in [0.717, 1.165) is 10.0 Å². The van der Waals surface area contributed by atoms with Gasteiger partial charge in [-0.15, -0.1) is 0 Å². The number of aromatic nitrogens is 2. The Morgan fingerprint density at radius 3 is 2.78 bits per heavy atom. The van der Waals surface area contributed by atoms with E-state index in [0.29, 0.717) is 16.6 Å². The quantitative estimate of drug-likeness (QED) is 0.941. The van der Waals surface area contributed by atoms with Crippen molar-refractivity contribution in [2.24, 2.45) is 5.73 Å². The van der Waals surface area contributed by atoms with Crippen LogP contribution in [0.5, 0.6) is 5.88 Å². The minimum atomic E-state index is -0.487. The van der Waals surface area contributed by atoms with Crippen LogP contribution in [-0.2, 0) is 0 Å². The van der Waals surface area contributed by atoms with E-state index in [-0.39, 0.29) is 0 Å². The standard InChI is InChI=1S/C12H11BrClN3O/c1-18-12-11(16-4-5-17-12)10(15)8-6-7(13)2-3-9(8)14/h2-6,10H,15H2,1H3. The molecule has 1 aromatic heterocycles. The zero-order valence-electron chi connectivity index (χ0n) is 9.60. The van der Waals surface area contributed by atoms with Crippen molar-refractivity contribution in [3.8, 4) is 5.88 Å². The van der Waals surface area contributed by atoms with Crippen LogP contribution >= 0.6 is 27.5 Å². The summed E-state index contributed by atoms with van der Waals surface area (Å²) in [6, 6.07) is 5.01. The van der Waals surface area contributed by atoms with Crippen LogP contribution in [-0.4, -0.2) is 17.1 Å². The van der Waals surface area contributed by atoms with Crippen molar-refractivity contribution in [1.82, 2.24) is 9.97 Å². The number of methoxy groups -OCH3 is 1. The van der Waals surface area contributed by atoms with Crippen LogP contribution in [0.2, 0.25) is 5.02 Å². The lowest BCUT2D eigenvalue weighted by Crippen LogP contribution is -2.16. The van der Waals surface area contributed by atoms with Gasteiger partial charge in [0, 0.05) is 21.9 Å². The Morgan fingerprint density at radius 2 is 2.06 bits per heavy atom. The van der Waals surface area contributed by atoms with Crippen molar-refractivity contribution in [3.63, 3.8) is 0 Å². The van der Waals surface area contributed by atoms with Gasteiger partial charge in [-0.25, -0.2) is 4.98 Å². The molecule has 1 heterocycles. The molecular weight excluding hydrogens is 318 g/mol. The number of rotatable bonds is 3. The molecule has 0 spiro atoms. The van der Waals surface area contributed by atoms with Gasteiger partial charge < -0.3 is 10.5 Å². The molecule has 2 N–H and O–H groups in total. The first kappa shape index (κ1) is 13.3. The number of benzene rings is 1. The van der Waals surface area contributed by atoms with Gasteiger partial charge in [0.15, 0.2) is 0 Å². The number of nitrogens with two attached hydrogens (primary N) is 1. The second-order valence-electron chi connectivity index (χ2n) is 3.59. The number of nitrogens with zero attached hydrogens (tertiary/aromatic N) is 2. The number of hydrogen-bond donors (Lipinski definition) is 1. The SMILES string of the molecule is COc1nccnc1C(N)c1cc(Br)ccc1Cl. The first-order chi connectivity index (χ1) is 8.63. The molecule has 0 radical (unpaired) electrons. The Hall–Kier alpha value is -1.17. The first-order valence-electron chi connectivity index (χ1n) is 5.19. The maximum absolute atomic E-state index is 6.17. The van der Waals surface area contributed by atoms with Crippen LogP contribution in [0, 0.1) is 0 Å². The molecule has 1 atom stereocenters. The number of hydrogen-bond acceptors (Lipinski definition) is 4. The van der Waals surface area contributed by atoms with Gasteiger partial charge >= 0.3 is 0 Å². The molecule has 0 aliphatic heterocycles. The van der Waals surface area contributed by atoms with E-state index in [1.807, 2.05) is 12.1 Å². The summed E-state index contributed by atoms with van der Waals surface area (Å²) >= 11 is 9.54. The maximum atomic E-state index is 6.17. The van der Waals surface area contributed by atoms with E-state index in [1.165, 1.54) is 7.11 Å². The topological polar surface area (TPSA) is 61.0 Å². The van der Waals surface area contributed by atoms with Gasteiger partial charge in [0.05, 0.1) is 13.2 Å². The summed E-state index contributed by atoms with van der Waals surface area (Å²) in [4.78, 5) is 8.29. The maximum Gasteiger partial charge on any atom is 0.237 e. The lowest BCUT2D eigenvalue weighted by molar-refractivity contribution is 0.387. The molecule has 0 saturated heterocycles. The lowest BCUT2D eigenvalue weighted by Gasteiger charge is -2.15. The third-order valence-electron chi connectivity index (χ3n) is 2.47. The summed E-state index contributed by atoms with van der Waals surface area (Å²) in [5, 5.41) is 0.582. The monoisotopic (exact) mass is 327 g/mol. The summed E-state index contributed by atoms with van der Waals surface area (Å²) in [7, 11) is 1.53. The second kappa shape index (κ2) is 5.65. The van der Waals surface area contributed by atoms with Gasteiger partial charge in [-0.05, 0) is 23.8 Å². The van der Waals surface area contributed by atoms with Crippen molar-refractivity contribution in [2.45, 2.75) is 6.04 Å². The first-order valence-corrected chi connectivity index (χ1v) is 6.36. The van der Waals surface area contributed by atoms with Gasteiger partial charge in [0.1, 0.15) is 5.69 Å². The van der Waals surface area contributed by atoms with Crippen LogP contribution in [0.1, 0.15) is 17.3 Å². The zero-order chi connectivity index (χ0) is 13.1. The van der Waals surface area contributed by atoms with Crippen LogP contribution < -0.4 is 10.5 Å². The van der Waals surface area contributed by atoms with Gasteiger partial charge in [0.2, 0.25) is 5.88 Å². The number of ether oxygens (including phenoxy) is 1. The fraction of sp³-hybridized carbons (Fsp3) is 0.167. The lowest BCUT2D eigenvalue weighted by atomic mass is 10.0. The second-order valence-corrected chi connectivity index (χ2v) is 4.92. The Bertz CT molecular complexity index is 565. The molecule has 0 saturated carbocycles. The highest BCUT2D eigenvalue weighted by Crippen LogP contribution is 2.31. The summed E-state index contributed by atoms with van der Waals surface area (Å²) in [6.07, 6.45) is 3.13. The molecule has 2 rings (SSSR count). The summed E-state index contributed by atoms with van der Waals surface area (Å²) in [5.41, 5.74) is 7.50. The normalized spacial score (nSPS) is 12.2. The van der Waals surface area contributed by atoms with Gasteiger partial charge in [-0.1, -0.05) is 27.5 Å². The van der Waals surface area contributed by atoms with E-state index >= 15 is 0 Å².